The number of carbonyl (C=O) groups excluding carboxylic acids is 1. The van der Waals surface area contributed by atoms with Crippen LogP contribution in [0.3, 0.4) is 0 Å². The molecule has 0 fully saturated rings. The highest BCUT2D eigenvalue weighted by molar-refractivity contribution is 7.89. The van der Waals surface area contributed by atoms with Gasteiger partial charge in [0, 0.05) is 19.5 Å². The maximum Gasteiger partial charge on any atom is 0.220 e. The van der Waals surface area contributed by atoms with Gasteiger partial charge in [-0.3, -0.25) is 4.79 Å². The minimum atomic E-state index is -3.14. The van der Waals surface area contributed by atoms with E-state index < -0.39 is 10.0 Å². The zero-order valence-corrected chi connectivity index (χ0v) is 10.4. The zero-order chi connectivity index (χ0) is 11.9. The number of sulfonamides is 1. The zero-order valence-electron chi connectivity index (χ0n) is 9.54. The Labute approximate surface area is 91.7 Å². The van der Waals surface area contributed by atoms with Crippen LogP contribution in [0.4, 0.5) is 0 Å². The molecule has 0 saturated carbocycles. The quantitative estimate of drug-likeness (QED) is 0.615. The second-order valence-corrected chi connectivity index (χ2v) is 5.84. The summed E-state index contributed by atoms with van der Waals surface area (Å²) in [5.74, 6) is 0.338. The van der Waals surface area contributed by atoms with Crippen molar-refractivity contribution in [3.05, 3.63) is 0 Å². The fourth-order valence-corrected chi connectivity index (χ4v) is 1.57. The van der Waals surface area contributed by atoms with Crippen molar-refractivity contribution in [1.29, 1.82) is 0 Å². The summed E-state index contributed by atoms with van der Waals surface area (Å²) in [6.07, 6.45) is 0.473. The summed E-state index contributed by atoms with van der Waals surface area (Å²) in [5, 5.41) is 2.64. The normalized spacial score (nSPS) is 11.7. The Hall–Kier alpha value is -0.620. The predicted octanol–water partition coefficient (Wildman–Crippen LogP) is 0.0880. The van der Waals surface area contributed by atoms with E-state index in [4.69, 9.17) is 0 Å². The Bertz CT molecular complexity index is 286. The predicted molar refractivity (Wildman–Crippen MR) is 59.9 cm³/mol. The van der Waals surface area contributed by atoms with Crippen molar-refractivity contribution < 1.29 is 13.2 Å². The number of nitrogens with one attached hydrogen (secondary N) is 2. The van der Waals surface area contributed by atoms with E-state index in [0.29, 0.717) is 18.9 Å². The molecule has 0 aromatic heterocycles. The van der Waals surface area contributed by atoms with Gasteiger partial charge in [0.15, 0.2) is 0 Å². The molecule has 2 N–H and O–H groups in total. The van der Waals surface area contributed by atoms with Gasteiger partial charge in [0.2, 0.25) is 15.9 Å². The lowest BCUT2D eigenvalue weighted by Gasteiger charge is -2.07. The molecule has 0 bridgehead atoms. The van der Waals surface area contributed by atoms with E-state index in [0.717, 1.165) is 0 Å². The maximum atomic E-state index is 11.2. The van der Waals surface area contributed by atoms with Crippen LogP contribution < -0.4 is 10.0 Å². The molecule has 0 radical (unpaired) electrons. The van der Waals surface area contributed by atoms with Crippen molar-refractivity contribution in [2.24, 2.45) is 5.92 Å². The lowest BCUT2D eigenvalue weighted by Crippen LogP contribution is -2.35. The van der Waals surface area contributed by atoms with Crippen molar-refractivity contribution >= 4 is 15.9 Å². The maximum absolute atomic E-state index is 11.2. The van der Waals surface area contributed by atoms with E-state index in [1.165, 1.54) is 0 Å². The number of rotatable bonds is 7. The lowest BCUT2D eigenvalue weighted by atomic mass is 10.1. The molecule has 0 aliphatic carbocycles. The summed E-state index contributed by atoms with van der Waals surface area (Å²) < 4.78 is 24.4. The van der Waals surface area contributed by atoms with E-state index in [1.54, 1.807) is 6.92 Å². The SMILES string of the molecule is CCS(=O)(=O)NCCNC(=O)CC(C)C. The molecule has 0 rings (SSSR count). The van der Waals surface area contributed by atoms with Crippen molar-refractivity contribution in [1.82, 2.24) is 10.0 Å². The monoisotopic (exact) mass is 236 g/mol. The molecular formula is C9H20N2O3S. The topological polar surface area (TPSA) is 75.3 Å². The second-order valence-electron chi connectivity index (χ2n) is 3.75. The molecule has 0 saturated heterocycles. The minimum Gasteiger partial charge on any atom is -0.355 e. The molecular weight excluding hydrogens is 216 g/mol. The molecule has 15 heavy (non-hydrogen) atoms. The first-order valence-electron chi connectivity index (χ1n) is 5.11. The molecule has 90 valence electrons. The van der Waals surface area contributed by atoms with Crippen LogP contribution in [0.1, 0.15) is 27.2 Å². The lowest BCUT2D eigenvalue weighted by molar-refractivity contribution is -0.121. The molecule has 0 atom stereocenters. The Morgan fingerprint density at radius 2 is 1.87 bits per heavy atom. The van der Waals surface area contributed by atoms with Gasteiger partial charge < -0.3 is 5.32 Å². The van der Waals surface area contributed by atoms with Gasteiger partial charge in [-0.05, 0) is 12.8 Å². The molecule has 0 aliphatic rings. The van der Waals surface area contributed by atoms with Gasteiger partial charge in [-0.2, -0.15) is 0 Å². The summed E-state index contributed by atoms with van der Waals surface area (Å²) in [6.45, 7) is 6.07. The summed E-state index contributed by atoms with van der Waals surface area (Å²) in [7, 11) is -3.14. The summed E-state index contributed by atoms with van der Waals surface area (Å²) in [5.41, 5.74) is 0. The van der Waals surface area contributed by atoms with Crippen LogP contribution in [-0.4, -0.2) is 33.2 Å². The van der Waals surface area contributed by atoms with Gasteiger partial charge in [0.1, 0.15) is 0 Å². The average Bonchev–Trinajstić information content (AvgIpc) is 2.11. The molecule has 0 aromatic rings. The number of hydrogen-bond acceptors (Lipinski definition) is 3. The summed E-state index contributed by atoms with van der Waals surface area (Å²) in [6, 6.07) is 0. The Kier molecular flexibility index (Phi) is 6.51. The van der Waals surface area contributed by atoms with Crippen molar-refractivity contribution in [2.45, 2.75) is 27.2 Å². The van der Waals surface area contributed by atoms with Gasteiger partial charge in [-0.1, -0.05) is 13.8 Å². The van der Waals surface area contributed by atoms with Crippen LogP contribution in [0.2, 0.25) is 0 Å². The van der Waals surface area contributed by atoms with Gasteiger partial charge in [0.25, 0.3) is 0 Å². The molecule has 0 heterocycles. The van der Waals surface area contributed by atoms with Crippen LogP contribution in [0.5, 0.6) is 0 Å². The third kappa shape index (κ3) is 8.38. The highest BCUT2D eigenvalue weighted by Gasteiger charge is 2.06. The third-order valence-corrected chi connectivity index (χ3v) is 3.15. The molecule has 0 unspecified atom stereocenters. The van der Waals surface area contributed by atoms with Crippen LogP contribution in [-0.2, 0) is 14.8 Å². The molecule has 5 nitrogen and oxygen atoms in total. The number of carbonyl (C=O) groups is 1. The largest absolute Gasteiger partial charge is 0.355 e. The van der Waals surface area contributed by atoms with Crippen molar-refractivity contribution in [3.8, 4) is 0 Å². The first kappa shape index (κ1) is 14.4. The second kappa shape index (κ2) is 6.79. The van der Waals surface area contributed by atoms with Crippen LogP contribution in [0.15, 0.2) is 0 Å². The molecule has 0 aliphatic heterocycles. The van der Waals surface area contributed by atoms with Gasteiger partial charge in [-0.15, -0.1) is 0 Å². The van der Waals surface area contributed by atoms with Crippen LogP contribution >= 0.6 is 0 Å². The van der Waals surface area contributed by atoms with E-state index >= 15 is 0 Å². The Morgan fingerprint density at radius 3 is 2.33 bits per heavy atom. The summed E-state index contributed by atoms with van der Waals surface area (Å²) in [4.78, 5) is 11.2. The van der Waals surface area contributed by atoms with Crippen molar-refractivity contribution in [2.75, 3.05) is 18.8 Å². The van der Waals surface area contributed by atoms with Gasteiger partial charge in [0.05, 0.1) is 5.75 Å². The van der Waals surface area contributed by atoms with E-state index in [2.05, 4.69) is 10.0 Å². The van der Waals surface area contributed by atoms with Gasteiger partial charge in [-0.25, -0.2) is 13.1 Å². The Morgan fingerprint density at radius 1 is 1.27 bits per heavy atom. The van der Waals surface area contributed by atoms with E-state index in [1.807, 2.05) is 13.8 Å². The fraction of sp³-hybridized carbons (Fsp3) is 0.889. The highest BCUT2D eigenvalue weighted by Crippen LogP contribution is 1.97. The van der Waals surface area contributed by atoms with E-state index in [9.17, 15) is 13.2 Å². The molecule has 0 aromatic carbocycles. The van der Waals surface area contributed by atoms with Crippen LogP contribution in [0.25, 0.3) is 0 Å². The van der Waals surface area contributed by atoms with Crippen LogP contribution in [0, 0.1) is 5.92 Å². The number of amides is 1. The minimum absolute atomic E-state index is 0.0410. The first-order valence-corrected chi connectivity index (χ1v) is 6.76. The molecule has 0 spiro atoms. The van der Waals surface area contributed by atoms with Crippen molar-refractivity contribution in [3.63, 3.8) is 0 Å². The highest BCUT2D eigenvalue weighted by atomic mass is 32.2. The Balaban J connectivity index is 3.59. The average molecular weight is 236 g/mol. The first-order chi connectivity index (χ1) is 6.87. The smallest absolute Gasteiger partial charge is 0.220 e. The standard InChI is InChI=1S/C9H20N2O3S/c1-4-15(13,14)11-6-5-10-9(12)7-8(2)3/h8,11H,4-7H2,1-3H3,(H,10,12). The summed E-state index contributed by atoms with van der Waals surface area (Å²) >= 11 is 0. The van der Waals surface area contributed by atoms with E-state index in [-0.39, 0.29) is 18.2 Å². The fourth-order valence-electron chi connectivity index (χ4n) is 0.953. The molecule has 1 amide bonds. The third-order valence-electron chi connectivity index (χ3n) is 1.74. The molecule has 6 heteroatoms. The van der Waals surface area contributed by atoms with Gasteiger partial charge >= 0.3 is 0 Å². The number of hydrogen-bond donors (Lipinski definition) is 2.